The minimum atomic E-state index is -0.461. The number of rotatable bonds is 17. The highest BCUT2D eigenvalue weighted by atomic mass is 32.1. The SMILES string of the molecule is CC(=O)Nc1ccc(Nc2nccc(-c3ncc(C)s3)n2)cc1.COC(=O)c1ccc(C(=O)Nc2ccc(Nc3nccc(-c4ncc(C)s4)n3)cc2)cc1.Cc1cc(C)cc(Nc2nccc(-c3ncc(N)s3)n2)c1.Cc1cc(C)cc(Nc2nccc(-c3ncc([N+](=O)[O-])s3)n2)c1. The lowest BCUT2D eigenvalue weighted by Gasteiger charge is -2.09. The highest BCUT2D eigenvalue weighted by Crippen LogP contribution is 2.31. The van der Waals surface area contributed by atoms with Crippen LogP contribution in [0.5, 0.6) is 0 Å². The largest absolute Gasteiger partial charge is 0.465 e. The predicted molar refractivity (Wildman–Crippen MR) is 391 cm³/mol. The summed E-state index contributed by atoms with van der Waals surface area (Å²) in [6.45, 7) is 13.7. The van der Waals surface area contributed by atoms with Gasteiger partial charge in [0.1, 0.15) is 54.0 Å². The molecule has 8 N–H and O–H groups in total. The number of esters is 1. The van der Waals surface area contributed by atoms with Gasteiger partial charge in [-0.15, -0.1) is 22.7 Å². The zero-order valence-electron chi connectivity index (χ0n) is 54.3. The summed E-state index contributed by atoms with van der Waals surface area (Å²) in [6, 6.07) is 40.3. The van der Waals surface area contributed by atoms with Crippen molar-refractivity contribution in [3.8, 4) is 42.8 Å². The van der Waals surface area contributed by atoms with E-state index in [0.717, 1.165) is 92.8 Å². The maximum absolute atomic E-state index is 12.4. The Balaban J connectivity index is 0.000000145. The molecule has 0 unspecified atom stereocenters. The van der Waals surface area contributed by atoms with Crippen molar-refractivity contribution in [2.45, 2.75) is 48.5 Å². The minimum absolute atomic E-state index is 0.0116. The first-order valence-corrected chi connectivity index (χ1v) is 33.2. The fraction of sp³-hybridized carbons (Fsp3) is 0.116. The standard InChI is InChI=1S/C23H19N5O3S.C16H15N5OS.C15H13N5O2S.C15H15N5S/c1-14-13-25-21(32-14)19-11-12-24-23(28-19)27-18-9-7-17(8-10-18)26-20(29)15-3-5-16(6-4-15)22(30)31-2;1-10-9-18-15(23-10)14-7-8-17-16(21-14)20-13-5-3-12(4-6-13)19-11(2)22;1-9-5-10(2)7-11(6-9)18-15-16-4-3-12(19-15)14-17-8-13(23-14)20(21)22;1-9-5-10(2)7-11(6-9)19-15-17-4-3-12(20-15)14-18-8-13(16)21-14/h3-13H,1-2H3,(H,26,29)(H,24,27,28);3-9H,1-2H3,(H,19,22)(H,17,20,21);3-8H,1-2H3,(H,16,18,19);3-8H,16H2,1-2H3,(H,17,19,20). The summed E-state index contributed by atoms with van der Waals surface area (Å²) in [5.74, 6) is 1.10. The number of nitrogens with zero attached hydrogens (tertiary/aromatic N) is 13. The molecule has 8 heterocycles. The third kappa shape index (κ3) is 20.4. The summed E-state index contributed by atoms with van der Waals surface area (Å²) in [5, 5.41) is 32.6. The fourth-order valence-corrected chi connectivity index (χ4v) is 12.0. The van der Waals surface area contributed by atoms with Crippen molar-refractivity contribution in [2.75, 3.05) is 44.7 Å². The number of thiazole rings is 4. The van der Waals surface area contributed by atoms with Gasteiger partial charge in [0.15, 0.2) is 0 Å². The number of benzene rings is 5. The van der Waals surface area contributed by atoms with Crippen molar-refractivity contribution < 1.29 is 24.0 Å². The molecule has 99 heavy (non-hydrogen) atoms. The van der Waals surface area contributed by atoms with E-state index in [-0.39, 0.29) is 16.8 Å². The molecule has 2 amide bonds. The van der Waals surface area contributed by atoms with Crippen molar-refractivity contribution in [1.29, 1.82) is 0 Å². The average Bonchev–Trinajstić information content (AvgIpc) is 1.86. The van der Waals surface area contributed by atoms with E-state index < -0.39 is 10.9 Å². The lowest BCUT2D eigenvalue weighted by atomic mass is 10.1. The van der Waals surface area contributed by atoms with Crippen molar-refractivity contribution in [3.05, 3.63) is 236 Å². The van der Waals surface area contributed by atoms with Crippen LogP contribution < -0.4 is 37.6 Å². The number of nitrogens with two attached hydrogens (primary N) is 1. The van der Waals surface area contributed by atoms with Crippen LogP contribution in [-0.2, 0) is 9.53 Å². The molecule has 5 aromatic carbocycles. The predicted octanol–water partition coefficient (Wildman–Crippen LogP) is 15.7. The van der Waals surface area contributed by atoms with Gasteiger partial charge >= 0.3 is 11.0 Å². The number of amides is 2. The molecular formula is C69H62N20O6S4. The van der Waals surface area contributed by atoms with Gasteiger partial charge in [-0.2, -0.15) is 0 Å². The molecule has 26 nitrogen and oxygen atoms in total. The molecule has 0 spiro atoms. The summed E-state index contributed by atoms with van der Waals surface area (Å²) >= 11 is 5.56. The second-order valence-corrected chi connectivity index (χ2v) is 26.1. The van der Waals surface area contributed by atoms with Crippen LogP contribution in [0.4, 0.5) is 67.9 Å². The maximum Gasteiger partial charge on any atom is 0.344 e. The van der Waals surface area contributed by atoms with E-state index in [1.807, 2.05) is 107 Å². The van der Waals surface area contributed by atoms with E-state index in [4.69, 9.17) is 5.73 Å². The first kappa shape index (κ1) is 69.6. The van der Waals surface area contributed by atoms with Crippen LogP contribution in [-0.4, -0.2) is 89.6 Å². The molecule has 8 aromatic heterocycles. The van der Waals surface area contributed by atoms with Crippen molar-refractivity contribution >= 4 is 131 Å². The Morgan fingerprint density at radius 2 is 0.778 bits per heavy atom. The first-order chi connectivity index (χ1) is 47.7. The molecule has 30 heteroatoms. The van der Waals surface area contributed by atoms with E-state index in [1.165, 1.54) is 42.7 Å². The molecule has 0 fully saturated rings. The Morgan fingerprint density at radius 3 is 1.13 bits per heavy atom. The number of hydrogen-bond acceptors (Lipinski definition) is 27. The summed E-state index contributed by atoms with van der Waals surface area (Å²) in [4.78, 5) is 99.2. The zero-order valence-corrected chi connectivity index (χ0v) is 57.6. The average molecular weight is 1400 g/mol. The van der Waals surface area contributed by atoms with Gasteiger partial charge in [-0.05, 0) is 196 Å². The maximum atomic E-state index is 12.4. The van der Waals surface area contributed by atoms with E-state index in [9.17, 15) is 24.5 Å². The van der Waals surface area contributed by atoms with E-state index in [1.54, 1.807) is 96.1 Å². The molecule has 13 aromatic rings. The molecular weight excluding hydrogens is 1330 g/mol. The Hall–Kier alpha value is -12.3. The van der Waals surface area contributed by atoms with Crippen LogP contribution in [0.3, 0.4) is 0 Å². The van der Waals surface area contributed by atoms with Gasteiger partial charge in [-0.1, -0.05) is 23.5 Å². The number of hydrogen-bond donors (Lipinski definition) is 7. The van der Waals surface area contributed by atoms with Gasteiger partial charge in [0, 0.05) is 93.5 Å². The van der Waals surface area contributed by atoms with Crippen LogP contribution in [0.15, 0.2) is 183 Å². The number of aromatic nitrogens is 12. The van der Waals surface area contributed by atoms with Gasteiger partial charge in [-0.25, -0.2) is 64.6 Å². The highest BCUT2D eigenvalue weighted by Gasteiger charge is 2.16. The number of anilines is 11. The van der Waals surface area contributed by atoms with Gasteiger partial charge in [0.05, 0.1) is 23.8 Å². The number of carbonyl (C=O) groups is 3. The Morgan fingerprint density at radius 1 is 0.424 bits per heavy atom. The zero-order chi connectivity index (χ0) is 70.0. The lowest BCUT2D eigenvalue weighted by molar-refractivity contribution is -0.380. The number of nitro groups is 1. The summed E-state index contributed by atoms with van der Waals surface area (Å²) in [6.07, 6.45) is 13.2. The van der Waals surface area contributed by atoms with E-state index >= 15 is 0 Å². The molecule has 0 aliphatic rings. The monoisotopic (exact) mass is 1390 g/mol. The van der Waals surface area contributed by atoms with Crippen LogP contribution in [0.25, 0.3) is 42.8 Å². The number of aryl methyl sites for hydroxylation is 6. The third-order valence-electron chi connectivity index (χ3n) is 13.3. The molecule has 0 bridgehead atoms. The Bertz CT molecular complexity index is 4930. The second-order valence-electron chi connectivity index (χ2n) is 21.6. The normalized spacial score (nSPS) is 10.5. The van der Waals surface area contributed by atoms with Gasteiger partial charge < -0.3 is 42.4 Å². The van der Waals surface area contributed by atoms with Gasteiger partial charge in [0.25, 0.3) is 5.91 Å². The van der Waals surface area contributed by atoms with Crippen molar-refractivity contribution in [2.24, 2.45) is 0 Å². The molecule has 498 valence electrons. The van der Waals surface area contributed by atoms with Gasteiger partial charge in [-0.3, -0.25) is 19.7 Å². The van der Waals surface area contributed by atoms with Crippen LogP contribution in [0.1, 0.15) is 59.6 Å². The number of ether oxygens (including phenoxy) is 1. The number of nitrogens with one attached hydrogen (secondary N) is 6. The second kappa shape index (κ2) is 32.9. The van der Waals surface area contributed by atoms with Crippen LogP contribution in [0, 0.1) is 51.7 Å². The molecule has 0 aliphatic carbocycles. The first-order valence-electron chi connectivity index (χ1n) is 29.9. The number of methoxy groups -OCH3 is 1. The van der Waals surface area contributed by atoms with Crippen molar-refractivity contribution in [3.63, 3.8) is 0 Å². The quantitative estimate of drug-likeness (QED) is 0.0253. The fourth-order valence-electron chi connectivity index (χ4n) is 9.14. The number of carbonyl (C=O) groups excluding carboxylic acids is 3. The Labute approximate surface area is 583 Å². The van der Waals surface area contributed by atoms with Crippen molar-refractivity contribution in [1.82, 2.24) is 59.8 Å². The summed E-state index contributed by atoms with van der Waals surface area (Å²) in [7, 11) is 1.31. The molecule has 0 radical (unpaired) electrons. The third-order valence-corrected chi connectivity index (χ3v) is 17.0. The summed E-state index contributed by atoms with van der Waals surface area (Å²) < 4.78 is 4.66. The summed E-state index contributed by atoms with van der Waals surface area (Å²) in [5.41, 5.74) is 18.9. The topological polar surface area (TPSA) is 356 Å². The van der Waals surface area contributed by atoms with Crippen LogP contribution in [0.2, 0.25) is 0 Å². The molecule has 0 saturated heterocycles. The smallest absolute Gasteiger partial charge is 0.344 e. The van der Waals surface area contributed by atoms with E-state index in [2.05, 4.69) is 135 Å². The molecule has 0 aliphatic heterocycles. The molecule has 0 saturated carbocycles. The minimum Gasteiger partial charge on any atom is -0.465 e. The Kier molecular flexibility index (Phi) is 23.1. The van der Waals surface area contributed by atoms with Gasteiger partial charge in [0.2, 0.25) is 29.7 Å². The highest BCUT2D eigenvalue weighted by molar-refractivity contribution is 7.18. The van der Waals surface area contributed by atoms with Crippen LogP contribution >= 0.6 is 45.3 Å². The molecule has 13 rings (SSSR count). The lowest BCUT2D eigenvalue weighted by Crippen LogP contribution is -2.12. The van der Waals surface area contributed by atoms with E-state index in [0.29, 0.717) is 56.3 Å². The number of nitrogen functional groups attached to an aromatic ring is 1. The molecule has 0 atom stereocenters.